The van der Waals surface area contributed by atoms with E-state index in [1.165, 1.54) is 4.90 Å². The summed E-state index contributed by atoms with van der Waals surface area (Å²) < 4.78 is 10.3. The highest BCUT2D eigenvalue weighted by Crippen LogP contribution is 2.27. The van der Waals surface area contributed by atoms with Gasteiger partial charge in [0.1, 0.15) is 11.6 Å². The molecule has 1 aromatic carbocycles. The van der Waals surface area contributed by atoms with Gasteiger partial charge in [-0.2, -0.15) is 4.98 Å². The molecule has 2 aromatic rings. The number of carbonyl (C=O) groups is 1. The Morgan fingerprint density at radius 2 is 1.86 bits per heavy atom. The van der Waals surface area contributed by atoms with Crippen LogP contribution in [0.3, 0.4) is 0 Å². The van der Waals surface area contributed by atoms with Crippen molar-refractivity contribution in [2.45, 2.75) is 39.3 Å². The van der Waals surface area contributed by atoms with Gasteiger partial charge in [-0.1, -0.05) is 0 Å². The number of carbonyl (C=O) groups excluding carboxylic acids is 1. The lowest BCUT2D eigenvalue weighted by atomic mass is 10.1. The van der Waals surface area contributed by atoms with Crippen molar-refractivity contribution in [3.8, 4) is 5.75 Å². The molecule has 0 aliphatic heterocycles. The molecule has 0 bridgehead atoms. The summed E-state index contributed by atoms with van der Waals surface area (Å²) in [6.07, 6.45) is 1.62. The first-order chi connectivity index (χ1) is 13.2. The fourth-order valence-corrected chi connectivity index (χ4v) is 2.52. The molecule has 0 aliphatic carbocycles. The van der Waals surface area contributed by atoms with Gasteiger partial charge in [0.05, 0.1) is 19.4 Å². The van der Waals surface area contributed by atoms with E-state index in [0.717, 1.165) is 0 Å². The lowest BCUT2D eigenvalue weighted by molar-refractivity contribution is 0.190. The van der Waals surface area contributed by atoms with Gasteiger partial charge in [0.2, 0.25) is 5.95 Å². The lowest BCUT2D eigenvalue weighted by Crippen LogP contribution is -2.47. The van der Waals surface area contributed by atoms with Crippen LogP contribution >= 0.6 is 0 Å². The molecule has 1 unspecified atom stereocenters. The topological polar surface area (TPSA) is 88.6 Å². The Balaban J connectivity index is 2.39. The standard InChI is InChI=1S/C20H29N5O3/c1-14(13-27-5)22-18-21-12-11-17(23-18)25(19(26)24-20(2,3)4)15-7-9-16(28-6)10-8-15/h7-12,14H,13H2,1-6H3,(H,24,26)(H,21,22,23). The first-order valence-corrected chi connectivity index (χ1v) is 9.08. The molecule has 0 spiro atoms. The number of ether oxygens (including phenoxy) is 2. The van der Waals surface area contributed by atoms with E-state index >= 15 is 0 Å². The van der Waals surface area contributed by atoms with E-state index in [-0.39, 0.29) is 12.1 Å². The molecule has 0 saturated heterocycles. The quantitative estimate of drug-likeness (QED) is 0.755. The molecule has 2 rings (SSSR count). The van der Waals surface area contributed by atoms with E-state index in [2.05, 4.69) is 20.6 Å². The van der Waals surface area contributed by atoms with Gasteiger partial charge in [0, 0.05) is 31.0 Å². The first kappa shape index (κ1) is 21.4. The van der Waals surface area contributed by atoms with E-state index in [9.17, 15) is 4.79 Å². The molecule has 0 fully saturated rings. The molecular weight excluding hydrogens is 358 g/mol. The van der Waals surface area contributed by atoms with Crippen LogP contribution in [0.1, 0.15) is 27.7 Å². The molecule has 8 nitrogen and oxygen atoms in total. The average Bonchev–Trinajstić information content (AvgIpc) is 2.61. The zero-order valence-corrected chi connectivity index (χ0v) is 17.3. The Hall–Kier alpha value is -2.87. The normalized spacial score (nSPS) is 12.2. The highest BCUT2D eigenvalue weighted by atomic mass is 16.5. The van der Waals surface area contributed by atoms with E-state index in [4.69, 9.17) is 9.47 Å². The second-order valence-corrected chi connectivity index (χ2v) is 7.45. The van der Waals surface area contributed by atoms with Crippen LogP contribution in [0.15, 0.2) is 36.5 Å². The Morgan fingerprint density at radius 3 is 2.43 bits per heavy atom. The highest BCUT2D eigenvalue weighted by molar-refractivity contribution is 5.98. The molecule has 0 radical (unpaired) electrons. The van der Waals surface area contributed by atoms with E-state index in [1.54, 1.807) is 38.6 Å². The number of hydrogen-bond donors (Lipinski definition) is 2. The maximum atomic E-state index is 13.0. The predicted molar refractivity (Wildman–Crippen MR) is 110 cm³/mol. The maximum absolute atomic E-state index is 13.0. The Labute approximate surface area is 166 Å². The van der Waals surface area contributed by atoms with Crippen LogP contribution in [-0.4, -0.2) is 48.4 Å². The Kier molecular flexibility index (Phi) is 7.17. The molecule has 0 aliphatic rings. The molecular formula is C20H29N5O3. The number of methoxy groups -OCH3 is 2. The predicted octanol–water partition coefficient (Wildman–Crippen LogP) is 3.58. The summed E-state index contributed by atoms with van der Waals surface area (Å²) >= 11 is 0. The average molecular weight is 387 g/mol. The third-order valence-electron chi connectivity index (χ3n) is 3.68. The molecule has 1 heterocycles. The molecule has 1 aromatic heterocycles. The van der Waals surface area contributed by atoms with Crippen molar-refractivity contribution in [2.75, 3.05) is 31.0 Å². The third kappa shape index (κ3) is 6.09. The molecule has 0 saturated carbocycles. The Morgan fingerprint density at radius 1 is 1.18 bits per heavy atom. The molecule has 152 valence electrons. The second-order valence-electron chi connectivity index (χ2n) is 7.45. The minimum atomic E-state index is -0.400. The number of nitrogens with one attached hydrogen (secondary N) is 2. The summed E-state index contributed by atoms with van der Waals surface area (Å²) in [5.41, 5.74) is 0.264. The highest BCUT2D eigenvalue weighted by Gasteiger charge is 2.24. The summed E-state index contributed by atoms with van der Waals surface area (Å²) in [6.45, 7) is 8.26. The number of aromatic nitrogens is 2. The van der Waals surface area contributed by atoms with Gasteiger partial charge in [-0.25, -0.2) is 14.7 Å². The van der Waals surface area contributed by atoms with Gasteiger partial charge >= 0.3 is 6.03 Å². The number of anilines is 3. The minimum absolute atomic E-state index is 0.0260. The smallest absolute Gasteiger partial charge is 0.328 e. The number of benzene rings is 1. The summed E-state index contributed by atoms with van der Waals surface area (Å²) in [4.78, 5) is 23.3. The second kappa shape index (κ2) is 9.36. The van der Waals surface area contributed by atoms with Crippen molar-refractivity contribution < 1.29 is 14.3 Å². The van der Waals surface area contributed by atoms with E-state index in [0.29, 0.717) is 29.8 Å². The zero-order chi connectivity index (χ0) is 20.7. The van der Waals surface area contributed by atoms with Crippen LogP contribution in [-0.2, 0) is 4.74 Å². The monoisotopic (exact) mass is 387 g/mol. The van der Waals surface area contributed by atoms with Crippen molar-refractivity contribution in [1.29, 1.82) is 0 Å². The van der Waals surface area contributed by atoms with Gasteiger partial charge < -0.3 is 20.1 Å². The van der Waals surface area contributed by atoms with Crippen LogP contribution in [0, 0.1) is 0 Å². The third-order valence-corrected chi connectivity index (χ3v) is 3.68. The van der Waals surface area contributed by atoms with E-state index < -0.39 is 5.54 Å². The number of hydrogen-bond acceptors (Lipinski definition) is 6. The van der Waals surface area contributed by atoms with Crippen molar-refractivity contribution in [3.05, 3.63) is 36.5 Å². The summed E-state index contributed by atoms with van der Waals surface area (Å²) in [5, 5.41) is 6.15. The van der Waals surface area contributed by atoms with Crippen molar-refractivity contribution >= 4 is 23.5 Å². The van der Waals surface area contributed by atoms with Gasteiger partial charge in [0.15, 0.2) is 0 Å². The Bertz CT molecular complexity index is 774. The summed E-state index contributed by atoms with van der Waals surface area (Å²) in [6, 6.07) is 8.65. The van der Waals surface area contributed by atoms with E-state index in [1.807, 2.05) is 39.8 Å². The molecule has 8 heteroatoms. The first-order valence-electron chi connectivity index (χ1n) is 9.08. The number of nitrogens with zero attached hydrogens (tertiary/aromatic N) is 3. The largest absolute Gasteiger partial charge is 0.497 e. The van der Waals surface area contributed by atoms with Crippen LogP contribution in [0.4, 0.5) is 22.2 Å². The SMILES string of the molecule is COCC(C)Nc1nccc(N(C(=O)NC(C)(C)C)c2ccc(OC)cc2)n1. The number of amides is 2. The minimum Gasteiger partial charge on any atom is -0.497 e. The van der Waals surface area contributed by atoms with Gasteiger partial charge in [-0.05, 0) is 52.0 Å². The van der Waals surface area contributed by atoms with Crippen molar-refractivity contribution in [1.82, 2.24) is 15.3 Å². The number of rotatable bonds is 7. The van der Waals surface area contributed by atoms with Crippen molar-refractivity contribution in [2.24, 2.45) is 0 Å². The molecule has 2 N–H and O–H groups in total. The van der Waals surface area contributed by atoms with Gasteiger partial charge in [-0.15, -0.1) is 0 Å². The van der Waals surface area contributed by atoms with Gasteiger partial charge in [0.25, 0.3) is 0 Å². The fourth-order valence-electron chi connectivity index (χ4n) is 2.52. The summed E-state index contributed by atoms with van der Waals surface area (Å²) in [5.74, 6) is 1.58. The molecule has 2 amide bonds. The van der Waals surface area contributed by atoms with Crippen LogP contribution < -0.4 is 20.3 Å². The van der Waals surface area contributed by atoms with Crippen LogP contribution in [0.25, 0.3) is 0 Å². The number of urea groups is 1. The summed E-state index contributed by atoms with van der Waals surface area (Å²) in [7, 11) is 3.24. The van der Waals surface area contributed by atoms with Crippen LogP contribution in [0.5, 0.6) is 5.75 Å². The van der Waals surface area contributed by atoms with Crippen LogP contribution in [0.2, 0.25) is 0 Å². The van der Waals surface area contributed by atoms with Gasteiger partial charge in [-0.3, -0.25) is 0 Å². The molecule has 28 heavy (non-hydrogen) atoms. The maximum Gasteiger partial charge on any atom is 0.328 e. The zero-order valence-electron chi connectivity index (χ0n) is 17.3. The lowest BCUT2D eigenvalue weighted by Gasteiger charge is -2.28. The van der Waals surface area contributed by atoms with Crippen molar-refractivity contribution in [3.63, 3.8) is 0 Å². The molecule has 1 atom stereocenters. The fraction of sp³-hybridized carbons (Fsp3) is 0.450.